The second-order valence-corrected chi connectivity index (χ2v) is 5.71. The van der Waals surface area contributed by atoms with E-state index in [1.165, 1.54) is 32.4 Å². The number of likely N-dealkylation sites (tertiary alicyclic amines) is 1. The lowest BCUT2D eigenvalue weighted by Gasteiger charge is -2.26. The summed E-state index contributed by atoms with van der Waals surface area (Å²) in [5.74, 6) is 0.368. The maximum absolute atomic E-state index is 10.7. The molecular weight excluding hydrogens is 276 g/mol. The highest BCUT2D eigenvalue weighted by atomic mass is 35.5. The molecule has 20 heavy (non-hydrogen) atoms. The Morgan fingerprint density at radius 2 is 2.05 bits per heavy atom. The minimum absolute atomic E-state index is 0.298. The standard InChI is InChI=1S/C12H22N2O.C3H5ClO/c1-11(12(13)15)7-3-6-10-14-8-4-2-5-9-14;4-1-3-2-5-3/h7H,2-6,8-10H2,1H3,(H2,13,15);3H,1-2H2. The Balaban J connectivity index is 0.000000333. The minimum atomic E-state index is -0.298. The lowest BCUT2D eigenvalue weighted by atomic mass is 10.1. The first-order valence-electron chi connectivity index (χ1n) is 7.50. The van der Waals surface area contributed by atoms with E-state index in [9.17, 15) is 4.79 Å². The summed E-state index contributed by atoms with van der Waals surface area (Å²) in [5, 5.41) is 0. The molecule has 5 heteroatoms. The number of hydrogen-bond donors (Lipinski definition) is 1. The molecule has 1 atom stereocenters. The van der Waals surface area contributed by atoms with Gasteiger partial charge < -0.3 is 15.4 Å². The number of hydrogen-bond acceptors (Lipinski definition) is 3. The molecule has 2 aliphatic rings. The van der Waals surface area contributed by atoms with Gasteiger partial charge in [-0.25, -0.2) is 0 Å². The van der Waals surface area contributed by atoms with Gasteiger partial charge in [0, 0.05) is 5.57 Å². The third-order valence-electron chi connectivity index (χ3n) is 3.54. The molecule has 2 heterocycles. The number of nitrogens with two attached hydrogens (primary N) is 1. The minimum Gasteiger partial charge on any atom is -0.372 e. The van der Waals surface area contributed by atoms with Gasteiger partial charge in [0.1, 0.15) is 0 Å². The van der Waals surface area contributed by atoms with Gasteiger partial charge >= 0.3 is 0 Å². The van der Waals surface area contributed by atoms with Crippen LogP contribution in [0, 0.1) is 0 Å². The molecule has 2 rings (SSSR count). The smallest absolute Gasteiger partial charge is 0.244 e. The first kappa shape index (κ1) is 17.5. The van der Waals surface area contributed by atoms with Crippen molar-refractivity contribution < 1.29 is 9.53 Å². The van der Waals surface area contributed by atoms with Crippen LogP contribution < -0.4 is 5.73 Å². The van der Waals surface area contributed by atoms with Crippen LogP contribution in [0.5, 0.6) is 0 Å². The molecule has 0 aliphatic carbocycles. The number of rotatable bonds is 6. The molecule has 0 bridgehead atoms. The predicted octanol–water partition coefficient (Wildman–Crippen LogP) is 2.31. The topological polar surface area (TPSA) is 58.9 Å². The maximum atomic E-state index is 10.7. The number of allylic oxidation sites excluding steroid dienone is 1. The zero-order valence-electron chi connectivity index (χ0n) is 12.4. The fraction of sp³-hybridized carbons (Fsp3) is 0.800. The van der Waals surface area contributed by atoms with E-state index in [-0.39, 0.29) is 5.91 Å². The zero-order chi connectivity index (χ0) is 14.8. The second-order valence-electron chi connectivity index (χ2n) is 5.41. The summed E-state index contributed by atoms with van der Waals surface area (Å²) in [5.41, 5.74) is 5.83. The molecule has 4 nitrogen and oxygen atoms in total. The third kappa shape index (κ3) is 8.56. The summed E-state index contributed by atoms with van der Waals surface area (Å²) in [6.45, 7) is 6.31. The Morgan fingerprint density at radius 3 is 2.50 bits per heavy atom. The number of nitrogens with zero attached hydrogens (tertiary/aromatic N) is 1. The Hall–Kier alpha value is -0.580. The monoisotopic (exact) mass is 302 g/mol. The van der Waals surface area contributed by atoms with Crippen LogP contribution in [0.15, 0.2) is 11.6 Å². The average Bonchev–Trinajstić information content (AvgIpc) is 3.29. The van der Waals surface area contributed by atoms with E-state index in [2.05, 4.69) is 4.90 Å². The van der Waals surface area contributed by atoms with Gasteiger partial charge in [-0.3, -0.25) is 4.79 Å². The van der Waals surface area contributed by atoms with Gasteiger partial charge in [0.05, 0.1) is 18.6 Å². The Bertz CT molecular complexity index is 311. The number of alkyl halides is 1. The van der Waals surface area contributed by atoms with E-state index in [0.29, 0.717) is 17.6 Å². The number of epoxide rings is 1. The van der Waals surface area contributed by atoms with Gasteiger partial charge in [-0.15, -0.1) is 11.6 Å². The third-order valence-corrected chi connectivity index (χ3v) is 3.89. The van der Waals surface area contributed by atoms with Crippen molar-refractivity contribution in [3.8, 4) is 0 Å². The predicted molar refractivity (Wildman–Crippen MR) is 82.9 cm³/mol. The molecule has 116 valence electrons. The highest BCUT2D eigenvalue weighted by molar-refractivity contribution is 6.18. The Labute approximate surface area is 127 Å². The lowest BCUT2D eigenvalue weighted by molar-refractivity contribution is -0.114. The molecule has 0 saturated carbocycles. The summed E-state index contributed by atoms with van der Waals surface area (Å²) in [6, 6.07) is 0. The van der Waals surface area contributed by atoms with Crippen molar-refractivity contribution in [1.82, 2.24) is 4.90 Å². The molecule has 0 aromatic rings. The molecule has 2 aliphatic heterocycles. The fourth-order valence-corrected chi connectivity index (χ4v) is 2.25. The van der Waals surface area contributed by atoms with Crippen LogP contribution in [0.1, 0.15) is 39.0 Å². The van der Waals surface area contributed by atoms with Crippen LogP contribution in [-0.2, 0) is 9.53 Å². The van der Waals surface area contributed by atoms with Crippen molar-refractivity contribution in [3.05, 3.63) is 11.6 Å². The van der Waals surface area contributed by atoms with Gasteiger partial charge in [-0.05, 0) is 52.2 Å². The van der Waals surface area contributed by atoms with E-state index >= 15 is 0 Å². The van der Waals surface area contributed by atoms with Crippen LogP contribution in [0.2, 0.25) is 0 Å². The molecule has 2 fully saturated rings. The molecular formula is C15H27ClN2O2. The number of carbonyl (C=O) groups is 1. The van der Waals surface area contributed by atoms with Crippen molar-refractivity contribution in [2.75, 3.05) is 32.1 Å². The molecule has 0 spiro atoms. The second kappa shape index (κ2) is 10.2. The van der Waals surface area contributed by atoms with E-state index in [1.54, 1.807) is 6.92 Å². The normalized spacial score (nSPS) is 22.9. The van der Waals surface area contributed by atoms with Gasteiger partial charge in [0.2, 0.25) is 5.91 Å². The number of carbonyl (C=O) groups excluding carboxylic acids is 1. The maximum Gasteiger partial charge on any atom is 0.244 e. The fourth-order valence-electron chi connectivity index (χ4n) is 2.07. The van der Waals surface area contributed by atoms with Crippen molar-refractivity contribution in [1.29, 1.82) is 0 Å². The van der Waals surface area contributed by atoms with E-state index in [0.717, 1.165) is 26.0 Å². The highest BCUT2D eigenvalue weighted by Gasteiger charge is 2.19. The van der Waals surface area contributed by atoms with Crippen LogP contribution in [0.25, 0.3) is 0 Å². The molecule has 0 radical (unpaired) electrons. The summed E-state index contributed by atoms with van der Waals surface area (Å²) >= 11 is 5.27. The number of amides is 1. The Morgan fingerprint density at radius 1 is 1.40 bits per heavy atom. The van der Waals surface area contributed by atoms with Crippen LogP contribution in [0.4, 0.5) is 0 Å². The van der Waals surface area contributed by atoms with Crippen molar-refractivity contribution in [3.63, 3.8) is 0 Å². The molecule has 1 unspecified atom stereocenters. The van der Waals surface area contributed by atoms with Crippen LogP contribution in [0.3, 0.4) is 0 Å². The van der Waals surface area contributed by atoms with Crippen LogP contribution in [-0.4, -0.2) is 49.0 Å². The Kier molecular flexibility index (Phi) is 8.90. The molecule has 0 aromatic carbocycles. The first-order chi connectivity index (χ1) is 9.63. The first-order valence-corrected chi connectivity index (χ1v) is 8.03. The van der Waals surface area contributed by atoms with Crippen LogP contribution >= 0.6 is 11.6 Å². The number of piperidine rings is 1. The average molecular weight is 303 g/mol. The van der Waals surface area contributed by atoms with Gasteiger partial charge in [0.25, 0.3) is 0 Å². The summed E-state index contributed by atoms with van der Waals surface area (Å²) in [4.78, 5) is 13.2. The largest absolute Gasteiger partial charge is 0.372 e. The van der Waals surface area contributed by atoms with Gasteiger partial charge in [0.15, 0.2) is 0 Å². The van der Waals surface area contributed by atoms with Crippen molar-refractivity contribution in [2.45, 2.75) is 45.1 Å². The zero-order valence-corrected chi connectivity index (χ0v) is 13.2. The summed E-state index contributed by atoms with van der Waals surface area (Å²) in [7, 11) is 0. The SMILES string of the molecule is CC(=CCCCN1CCCCC1)C(N)=O.ClCC1CO1. The van der Waals surface area contributed by atoms with Gasteiger partial charge in [-0.1, -0.05) is 12.5 Å². The van der Waals surface area contributed by atoms with Crippen molar-refractivity contribution >= 4 is 17.5 Å². The summed E-state index contributed by atoms with van der Waals surface area (Å²) < 4.78 is 4.73. The number of halogens is 1. The highest BCUT2D eigenvalue weighted by Crippen LogP contribution is 2.10. The molecule has 2 saturated heterocycles. The summed E-state index contributed by atoms with van der Waals surface area (Å²) in [6.07, 6.45) is 8.52. The quantitative estimate of drug-likeness (QED) is 0.354. The molecule has 2 N–H and O–H groups in total. The van der Waals surface area contributed by atoms with E-state index < -0.39 is 0 Å². The number of unbranched alkanes of at least 4 members (excludes halogenated alkanes) is 1. The lowest BCUT2D eigenvalue weighted by Crippen LogP contribution is -2.30. The van der Waals surface area contributed by atoms with Gasteiger partial charge in [-0.2, -0.15) is 0 Å². The number of ether oxygens (including phenoxy) is 1. The van der Waals surface area contributed by atoms with Crippen molar-refractivity contribution in [2.24, 2.45) is 5.73 Å². The number of primary amides is 1. The van der Waals surface area contributed by atoms with E-state index in [1.807, 2.05) is 6.08 Å². The molecule has 0 aromatic heterocycles. The molecule has 1 amide bonds. The van der Waals surface area contributed by atoms with E-state index in [4.69, 9.17) is 22.1 Å².